The number of rotatable bonds is 1. The molecule has 1 N–H and O–H groups in total. The summed E-state index contributed by atoms with van der Waals surface area (Å²) in [6.07, 6.45) is 1.05. The topological polar surface area (TPSA) is 23.5 Å². The van der Waals surface area contributed by atoms with Crippen molar-refractivity contribution in [3.05, 3.63) is 64.7 Å². The first kappa shape index (κ1) is 13.2. The second-order valence-corrected chi connectivity index (χ2v) is 5.81. The number of fused-ring (bicyclic) bond motifs is 1. The number of phenolic OH excluding ortho intramolecular Hbond substituents is 1. The Bertz CT molecular complexity index is 606. The molecule has 0 spiro atoms. The summed E-state index contributed by atoms with van der Waals surface area (Å²) in [6.45, 7) is 4.04. The van der Waals surface area contributed by atoms with E-state index in [9.17, 15) is 5.11 Å². The van der Waals surface area contributed by atoms with Gasteiger partial charge in [0.25, 0.3) is 0 Å². The van der Waals surface area contributed by atoms with E-state index in [-0.39, 0.29) is 0 Å². The molecule has 2 nitrogen and oxygen atoms in total. The molecule has 0 bridgehead atoms. The lowest BCUT2D eigenvalue weighted by atomic mass is 9.87. The first-order chi connectivity index (χ1) is 9.65. The van der Waals surface area contributed by atoms with Gasteiger partial charge in [-0.3, -0.25) is 0 Å². The van der Waals surface area contributed by atoms with Crippen molar-refractivity contribution in [1.29, 1.82) is 0 Å². The average molecular weight is 267 g/mol. The molecule has 20 heavy (non-hydrogen) atoms. The average Bonchev–Trinajstić information content (AvgIpc) is 2.61. The zero-order chi connectivity index (χ0) is 14.1. The Morgan fingerprint density at radius 1 is 1.15 bits per heavy atom. The molecule has 104 valence electrons. The molecular weight excluding hydrogens is 246 g/mol. The molecular formula is C18H21NO. The van der Waals surface area contributed by atoms with E-state index >= 15 is 0 Å². The van der Waals surface area contributed by atoms with Crippen molar-refractivity contribution >= 4 is 0 Å². The van der Waals surface area contributed by atoms with Gasteiger partial charge in [-0.1, -0.05) is 36.4 Å². The van der Waals surface area contributed by atoms with Gasteiger partial charge in [0.15, 0.2) is 0 Å². The predicted octanol–water partition coefficient (Wildman–Crippen LogP) is 3.32. The highest BCUT2D eigenvalue weighted by molar-refractivity contribution is 5.47. The van der Waals surface area contributed by atoms with Gasteiger partial charge in [-0.2, -0.15) is 0 Å². The van der Waals surface area contributed by atoms with Crippen molar-refractivity contribution < 1.29 is 5.11 Å². The fraction of sp³-hybridized carbons (Fsp3) is 0.333. The molecule has 2 aromatic rings. The van der Waals surface area contributed by atoms with E-state index in [2.05, 4.69) is 48.3 Å². The minimum atomic E-state index is 0.338. The lowest BCUT2D eigenvalue weighted by molar-refractivity contribution is 0.338. The smallest absolute Gasteiger partial charge is 0.118 e. The Morgan fingerprint density at radius 2 is 1.90 bits per heavy atom. The number of hydrogen-bond acceptors (Lipinski definition) is 2. The lowest BCUT2D eigenvalue weighted by Crippen LogP contribution is -2.24. The van der Waals surface area contributed by atoms with Gasteiger partial charge in [0.05, 0.1) is 0 Å². The van der Waals surface area contributed by atoms with Crippen LogP contribution < -0.4 is 0 Å². The van der Waals surface area contributed by atoms with Gasteiger partial charge in [0, 0.05) is 19.0 Å². The van der Waals surface area contributed by atoms with Crippen LogP contribution in [0.2, 0.25) is 0 Å². The number of phenols is 1. The van der Waals surface area contributed by atoms with Gasteiger partial charge in [-0.15, -0.1) is 0 Å². The molecule has 1 aliphatic heterocycles. The Balaban J connectivity index is 2.12. The largest absolute Gasteiger partial charge is 0.508 e. The quantitative estimate of drug-likeness (QED) is 0.856. The number of nitrogens with zero attached hydrogens (tertiary/aromatic N) is 1. The summed E-state index contributed by atoms with van der Waals surface area (Å²) in [5.41, 5.74) is 4.95. The van der Waals surface area contributed by atoms with Crippen LogP contribution >= 0.6 is 0 Å². The fourth-order valence-corrected chi connectivity index (χ4v) is 3.10. The molecule has 0 aromatic heterocycles. The highest BCUT2D eigenvalue weighted by atomic mass is 16.3. The van der Waals surface area contributed by atoms with Crippen LogP contribution in [0.4, 0.5) is 0 Å². The van der Waals surface area contributed by atoms with Crippen molar-refractivity contribution in [2.45, 2.75) is 19.3 Å². The summed E-state index contributed by atoms with van der Waals surface area (Å²) in [5.74, 6) is 0.749. The van der Waals surface area contributed by atoms with E-state index < -0.39 is 0 Å². The Hall–Kier alpha value is -1.80. The molecule has 0 saturated carbocycles. The SMILES string of the molecule is Cc1cc2c(cc1O)C(c1ccccc1)CN(C)CC2. The summed E-state index contributed by atoms with van der Waals surface area (Å²) in [6, 6.07) is 14.7. The van der Waals surface area contributed by atoms with Gasteiger partial charge < -0.3 is 10.0 Å². The summed E-state index contributed by atoms with van der Waals surface area (Å²) >= 11 is 0. The maximum Gasteiger partial charge on any atom is 0.118 e. The van der Waals surface area contributed by atoms with E-state index in [0.29, 0.717) is 11.7 Å². The second-order valence-electron chi connectivity index (χ2n) is 5.81. The molecule has 3 rings (SSSR count). The standard InChI is InChI=1S/C18H21NO/c1-13-10-15-8-9-19(2)12-17(16(15)11-18(13)20)14-6-4-3-5-7-14/h3-7,10-11,17,20H,8-9,12H2,1-2H3. The van der Waals surface area contributed by atoms with Crippen LogP contribution in [0.15, 0.2) is 42.5 Å². The van der Waals surface area contributed by atoms with Gasteiger partial charge in [0.2, 0.25) is 0 Å². The number of aryl methyl sites for hydroxylation is 1. The van der Waals surface area contributed by atoms with E-state index in [1.54, 1.807) is 0 Å². The minimum Gasteiger partial charge on any atom is -0.508 e. The molecule has 0 radical (unpaired) electrons. The van der Waals surface area contributed by atoms with Crippen molar-refractivity contribution in [3.8, 4) is 5.75 Å². The molecule has 1 atom stereocenters. The number of benzene rings is 2. The molecule has 0 fully saturated rings. The molecule has 2 heteroatoms. The van der Waals surface area contributed by atoms with E-state index in [4.69, 9.17) is 0 Å². The first-order valence-electron chi connectivity index (χ1n) is 7.21. The summed E-state index contributed by atoms with van der Waals surface area (Å²) < 4.78 is 0. The second kappa shape index (κ2) is 5.29. The monoisotopic (exact) mass is 267 g/mol. The number of hydrogen-bond donors (Lipinski definition) is 1. The molecule has 1 heterocycles. The van der Waals surface area contributed by atoms with Gasteiger partial charge >= 0.3 is 0 Å². The molecule has 0 saturated heterocycles. The van der Waals surface area contributed by atoms with E-state index in [1.807, 2.05) is 13.0 Å². The fourth-order valence-electron chi connectivity index (χ4n) is 3.10. The number of likely N-dealkylation sites (N-methyl/N-ethyl adjacent to an activating group) is 1. The van der Waals surface area contributed by atoms with Crippen LogP contribution in [0.5, 0.6) is 5.75 Å². The lowest BCUT2D eigenvalue weighted by Gasteiger charge is -2.22. The summed E-state index contributed by atoms with van der Waals surface area (Å²) in [5, 5.41) is 10.1. The summed E-state index contributed by atoms with van der Waals surface area (Å²) in [7, 11) is 2.18. The van der Waals surface area contributed by atoms with Gasteiger partial charge in [-0.05, 0) is 48.7 Å². The van der Waals surface area contributed by atoms with Crippen molar-refractivity contribution in [1.82, 2.24) is 4.90 Å². The molecule has 1 unspecified atom stereocenters. The van der Waals surface area contributed by atoms with Gasteiger partial charge in [0.1, 0.15) is 5.75 Å². The molecule has 0 aliphatic carbocycles. The van der Waals surface area contributed by atoms with Crippen molar-refractivity contribution in [2.75, 3.05) is 20.1 Å². The third-order valence-electron chi connectivity index (χ3n) is 4.29. The van der Waals surface area contributed by atoms with E-state index in [0.717, 1.165) is 25.1 Å². The molecule has 0 amide bonds. The maximum absolute atomic E-state index is 10.1. The van der Waals surface area contributed by atoms with Crippen LogP contribution in [0, 0.1) is 6.92 Å². The third kappa shape index (κ3) is 2.44. The third-order valence-corrected chi connectivity index (χ3v) is 4.29. The van der Waals surface area contributed by atoms with Crippen LogP contribution in [0.25, 0.3) is 0 Å². The van der Waals surface area contributed by atoms with Crippen LogP contribution in [-0.4, -0.2) is 30.1 Å². The zero-order valence-electron chi connectivity index (χ0n) is 12.1. The highest BCUT2D eigenvalue weighted by Crippen LogP contribution is 2.34. The Morgan fingerprint density at radius 3 is 2.65 bits per heavy atom. The maximum atomic E-state index is 10.1. The molecule has 2 aromatic carbocycles. The van der Waals surface area contributed by atoms with Crippen molar-refractivity contribution in [3.63, 3.8) is 0 Å². The predicted molar refractivity (Wildman–Crippen MR) is 82.3 cm³/mol. The number of aromatic hydroxyl groups is 1. The van der Waals surface area contributed by atoms with Gasteiger partial charge in [-0.25, -0.2) is 0 Å². The van der Waals surface area contributed by atoms with E-state index in [1.165, 1.54) is 16.7 Å². The highest BCUT2D eigenvalue weighted by Gasteiger charge is 2.23. The van der Waals surface area contributed by atoms with Crippen molar-refractivity contribution in [2.24, 2.45) is 0 Å². The van der Waals surface area contributed by atoms with Crippen LogP contribution in [-0.2, 0) is 6.42 Å². The first-order valence-corrected chi connectivity index (χ1v) is 7.21. The zero-order valence-corrected chi connectivity index (χ0v) is 12.1. The molecule has 1 aliphatic rings. The van der Waals surface area contributed by atoms with Crippen LogP contribution in [0.3, 0.4) is 0 Å². The normalized spacial score (nSPS) is 19.4. The van der Waals surface area contributed by atoms with Crippen LogP contribution in [0.1, 0.15) is 28.2 Å². The Kier molecular flexibility index (Phi) is 3.49. The summed E-state index contributed by atoms with van der Waals surface area (Å²) in [4.78, 5) is 2.38. The Labute approximate surface area is 120 Å². The minimum absolute atomic E-state index is 0.338.